The van der Waals surface area contributed by atoms with E-state index < -0.39 is 0 Å². The number of halogens is 1. The summed E-state index contributed by atoms with van der Waals surface area (Å²) in [6.07, 6.45) is 2.82. The topological polar surface area (TPSA) is 55.3 Å². The molecule has 5 nitrogen and oxygen atoms in total. The lowest BCUT2D eigenvalue weighted by molar-refractivity contribution is -0.118. The van der Waals surface area contributed by atoms with Gasteiger partial charge in [-0.1, -0.05) is 17.4 Å². The SMILES string of the molecule is COc1ccc2sc(N(Cc3ccccn3)C(=O)CCCSc3ccc(F)cc3)nc2c1. The molecule has 0 N–H and O–H groups in total. The molecule has 4 rings (SSSR count). The first-order valence-corrected chi connectivity index (χ1v) is 12.0. The quantitative estimate of drug-likeness (QED) is 0.225. The third kappa shape index (κ3) is 5.63. The van der Waals surface area contributed by atoms with Crippen LogP contribution in [0.5, 0.6) is 5.75 Å². The van der Waals surface area contributed by atoms with E-state index in [1.807, 2.05) is 36.4 Å². The Hall–Kier alpha value is -2.97. The lowest BCUT2D eigenvalue weighted by Gasteiger charge is -2.19. The van der Waals surface area contributed by atoms with E-state index in [1.165, 1.54) is 23.5 Å². The Labute approximate surface area is 194 Å². The van der Waals surface area contributed by atoms with Crippen LogP contribution in [0.1, 0.15) is 18.5 Å². The molecule has 2 aromatic carbocycles. The largest absolute Gasteiger partial charge is 0.497 e. The van der Waals surface area contributed by atoms with E-state index in [4.69, 9.17) is 9.72 Å². The Morgan fingerprint density at radius 3 is 2.75 bits per heavy atom. The lowest BCUT2D eigenvalue weighted by Crippen LogP contribution is -2.30. The summed E-state index contributed by atoms with van der Waals surface area (Å²) in [6, 6.07) is 17.8. The van der Waals surface area contributed by atoms with Gasteiger partial charge in [-0.25, -0.2) is 9.37 Å². The van der Waals surface area contributed by atoms with Gasteiger partial charge in [0.05, 0.1) is 29.6 Å². The zero-order valence-corrected chi connectivity index (χ0v) is 19.2. The van der Waals surface area contributed by atoms with Crippen LogP contribution in [0.3, 0.4) is 0 Å². The van der Waals surface area contributed by atoms with Crippen molar-refractivity contribution in [2.75, 3.05) is 17.8 Å². The molecule has 8 heteroatoms. The number of thiazole rings is 1. The van der Waals surface area contributed by atoms with Crippen LogP contribution >= 0.6 is 23.1 Å². The number of ether oxygens (including phenoxy) is 1. The van der Waals surface area contributed by atoms with Crippen LogP contribution < -0.4 is 9.64 Å². The molecule has 0 saturated heterocycles. The fourth-order valence-corrected chi connectivity index (χ4v) is 4.95. The van der Waals surface area contributed by atoms with Crippen molar-refractivity contribution in [3.8, 4) is 5.75 Å². The zero-order chi connectivity index (χ0) is 22.3. The van der Waals surface area contributed by atoms with Gasteiger partial charge in [0.1, 0.15) is 11.6 Å². The van der Waals surface area contributed by atoms with Crippen molar-refractivity contribution in [3.05, 3.63) is 78.4 Å². The van der Waals surface area contributed by atoms with E-state index in [-0.39, 0.29) is 11.7 Å². The number of carbonyl (C=O) groups excluding carboxylic acids is 1. The molecular weight excluding hydrogens is 445 g/mol. The van der Waals surface area contributed by atoms with Gasteiger partial charge in [0, 0.05) is 23.6 Å². The molecule has 4 aromatic rings. The number of anilines is 1. The maximum Gasteiger partial charge on any atom is 0.229 e. The van der Waals surface area contributed by atoms with Crippen LogP contribution in [0.15, 0.2) is 71.8 Å². The Morgan fingerprint density at radius 2 is 2.00 bits per heavy atom. The predicted molar refractivity (Wildman–Crippen MR) is 128 cm³/mol. The van der Waals surface area contributed by atoms with Crippen LogP contribution in [0, 0.1) is 5.82 Å². The molecule has 2 heterocycles. The van der Waals surface area contributed by atoms with Crippen LogP contribution in [-0.4, -0.2) is 28.7 Å². The Balaban J connectivity index is 1.47. The van der Waals surface area contributed by atoms with Crippen LogP contribution in [0.4, 0.5) is 9.52 Å². The van der Waals surface area contributed by atoms with Crippen molar-refractivity contribution in [2.24, 2.45) is 0 Å². The number of hydrogen-bond acceptors (Lipinski definition) is 6. The third-order valence-corrected chi connectivity index (χ3v) is 6.94. The van der Waals surface area contributed by atoms with Gasteiger partial charge in [-0.3, -0.25) is 14.7 Å². The average Bonchev–Trinajstić information content (AvgIpc) is 3.25. The fourth-order valence-electron chi connectivity index (χ4n) is 3.13. The minimum absolute atomic E-state index is 0.00128. The molecule has 0 atom stereocenters. The Kier molecular flexibility index (Phi) is 7.34. The molecule has 32 heavy (non-hydrogen) atoms. The van der Waals surface area contributed by atoms with Crippen molar-refractivity contribution < 1.29 is 13.9 Å². The number of amides is 1. The van der Waals surface area contributed by atoms with Gasteiger partial charge in [0.25, 0.3) is 0 Å². The maximum absolute atomic E-state index is 13.2. The van der Waals surface area contributed by atoms with Crippen molar-refractivity contribution >= 4 is 44.4 Å². The monoisotopic (exact) mass is 467 g/mol. The first kappa shape index (κ1) is 22.2. The number of carbonyl (C=O) groups is 1. The van der Waals surface area contributed by atoms with E-state index in [2.05, 4.69) is 4.98 Å². The van der Waals surface area contributed by atoms with E-state index in [0.717, 1.165) is 32.3 Å². The molecule has 1 amide bonds. The standard InChI is InChI=1S/C24H22FN3O2S2/c1-30-19-9-12-22-21(15-19)27-24(32-22)28(16-18-5-2-3-13-26-18)23(29)6-4-14-31-20-10-7-17(25)8-11-20/h2-3,5,7-13,15H,4,6,14,16H2,1H3. The van der Waals surface area contributed by atoms with E-state index >= 15 is 0 Å². The van der Waals surface area contributed by atoms with Gasteiger partial charge < -0.3 is 4.74 Å². The van der Waals surface area contributed by atoms with Gasteiger partial charge in [-0.05, 0) is 60.7 Å². The number of methoxy groups -OCH3 is 1. The summed E-state index contributed by atoms with van der Waals surface area (Å²) in [5.74, 6) is 1.26. The number of rotatable bonds is 9. The minimum Gasteiger partial charge on any atom is -0.497 e. The predicted octanol–water partition coefficient (Wildman–Crippen LogP) is 5.94. The number of thioether (sulfide) groups is 1. The van der Waals surface area contributed by atoms with Crippen molar-refractivity contribution in [1.82, 2.24) is 9.97 Å². The van der Waals surface area contributed by atoms with Crippen molar-refractivity contribution in [3.63, 3.8) is 0 Å². The van der Waals surface area contributed by atoms with Crippen molar-refractivity contribution in [2.45, 2.75) is 24.3 Å². The second-order valence-electron chi connectivity index (χ2n) is 7.04. The summed E-state index contributed by atoms with van der Waals surface area (Å²) in [4.78, 5) is 25.0. The molecule has 0 unspecified atom stereocenters. The minimum atomic E-state index is -0.247. The molecule has 0 radical (unpaired) electrons. The summed E-state index contributed by atoms with van der Waals surface area (Å²) in [5.41, 5.74) is 1.61. The van der Waals surface area contributed by atoms with E-state index in [0.29, 0.717) is 24.5 Å². The number of fused-ring (bicyclic) bond motifs is 1. The number of hydrogen-bond donors (Lipinski definition) is 0. The second-order valence-corrected chi connectivity index (χ2v) is 9.21. The van der Waals surface area contributed by atoms with Gasteiger partial charge in [-0.15, -0.1) is 11.8 Å². The molecule has 0 saturated carbocycles. The molecule has 0 aliphatic rings. The highest BCUT2D eigenvalue weighted by Gasteiger charge is 2.20. The smallest absolute Gasteiger partial charge is 0.229 e. The van der Waals surface area contributed by atoms with Gasteiger partial charge in [0.15, 0.2) is 5.13 Å². The molecule has 0 aliphatic heterocycles. The second kappa shape index (κ2) is 10.6. The molecule has 0 aliphatic carbocycles. The van der Waals surface area contributed by atoms with Gasteiger partial charge >= 0.3 is 0 Å². The highest BCUT2D eigenvalue weighted by molar-refractivity contribution is 7.99. The van der Waals surface area contributed by atoms with E-state index in [1.54, 1.807) is 42.1 Å². The number of aromatic nitrogens is 2. The summed E-state index contributed by atoms with van der Waals surface area (Å²) >= 11 is 3.09. The Morgan fingerprint density at radius 1 is 1.16 bits per heavy atom. The highest BCUT2D eigenvalue weighted by atomic mass is 32.2. The fraction of sp³-hybridized carbons (Fsp3) is 0.208. The summed E-state index contributed by atoms with van der Waals surface area (Å²) in [7, 11) is 1.62. The lowest BCUT2D eigenvalue weighted by atomic mass is 10.2. The maximum atomic E-state index is 13.2. The number of pyridine rings is 1. The van der Waals surface area contributed by atoms with Crippen LogP contribution in [0.25, 0.3) is 10.2 Å². The molecule has 0 bridgehead atoms. The number of nitrogens with zero attached hydrogens (tertiary/aromatic N) is 3. The zero-order valence-electron chi connectivity index (χ0n) is 17.5. The summed E-state index contributed by atoms with van der Waals surface area (Å²) in [5, 5.41) is 0.648. The average molecular weight is 468 g/mol. The van der Waals surface area contributed by atoms with E-state index in [9.17, 15) is 9.18 Å². The third-order valence-electron chi connectivity index (χ3n) is 4.78. The molecule has 2 aromatic heterocycles. The van der Waals surface area contributed by atoms with Crippen LogP contribution in [0.2, 0.25) is 0 Å². The van der Waals surface area contributed by atoms with Gasteiger partial charge in [-0.2, -0.15) is 0 Å². The molecule has 164 valence electrons. The summed E-state index contributed by atoms with van der Waals surface area (Å²) < 4.78 is 19.3. The molecule has 0 spiro atoms. The molecular formula is C24H22FN3O2S2. The normalized spacial score (nSPS) is 10.9. The number of benzene rings is 2. The van der Waals surface area contributed by atoms with Gasteiger partial charge in [0.2, 0.25) is 5.91 Å². The summed E-state index contributed by atoms with van der Waals surface area (Å²) in [6.45, 7) is 0.363. The van der Waals surface area contributed by atoms with Crippen LogP contribution in [-0.2, 0) is 11.3 Å². The highest BCUT2D eigenvalue weighted by Crippen LogP contribution is 2.32. The first-order valence-electron chi connectivity index (χ1n) is 10.2. The Bertz CT molecular complexity index is 1180. The molecule has 0 fully saturated rings. The van der Waals surface area contributed by atoms with Crippen molar-refractivity contribution in [1.29, 1.82) is 0 Å². The first-order chi connectivity index (χ1) is 15.6.